The third kappa shape index (κ3) is 7.35. The van der Waals surface area contributed by atoms with Crippen molar-refractivity contribution >= 4 is 20.8 Å². The highest BCUT2D eigenvalue weighted by molar-refractivity contribution is 7.89. The minimum Gasteiger partial charge on any atom is -0.492 e. The molecule has 3 aromatic carbocycles. The van der Waals surface area contributed by atoms with Crippen LogP contribution in [0.3, 0.4) is 0 Å². The van der Waals surface area contributed by atoms with E-state index in [1.165, 1.54) is 5.56 Å². The second-order valence-corrected chi connectivity index (χ2v) is 9.77. The molecule has 1 unspecified atom stereocenters. The van der Waals surface area contributed by atoms with Crippen molar-refractivity contribution in [2.75, 3.05) is 25.4 Å². The van der Waals surface area contributed by atoms with Crippen molar-refractivity contribution in [2.45, 2.75) is 32.7 Å². The zero-order chi connectivity index (χ0) is 22.1. The summed E-state index contributed by atoms with van der Waals surface area (Å²) in [6, 6.07) is 22.7. The Morgan fingerprint density at radius 3 is 2.48 bits per heavy atom. The van der Waals surface area contributed by atoms with E-state index in [1.807, 2.05) is 44.2 Å². The van der Waals surface area contributed by atoms with Crippen LogP contribution < -0.4 is 14.8 Å². The highest BCUT2D eigenvalue weighted by Gasteiger charge is 2.12. The summed E-state index contributed by atoms with van der Waals surface area (Å²) < 4.78 is 32.4. The average molecular weight is 441 g/mol. The molecule has 0 saturated heterocycles. The van der Waals surface area contributed by atoms with Crippen LogP contribution in [-0.2, 0) is 16.6 Å². The van der Waals surface area contributed by atoms with Gasteiger partial charge in [-0.1, -0.05) is 68.4 Å². The van der Waals surface area contributed by atoms with Crippen LogP contribution in [0.1, 0.15) is 37.3 Å². The molecular weight excluding hydrogens is 408 g/mol. The second-order valence-electron chi connectivity index (χ2n) is 7.85. The lowest BCUT2D eigenvalue weighted by molar-refractivity contribution is 0.314. The molecule has 3 rings (SSSR count). The Morgan fingerprint density at radius 1 is 0.968 bits per heavy atom. The molecule has 0 saturated carbocycles. The Hall–Kier alpha value is -2.41. The molecule has 0 aliphatic rings. The Bertz CT molecular complexity index is 1070. The van der Waals surface area contributed by atoms with Crippen molar-refractivity contribution in [3.8, 4) is 5.75 Å². The lowest BCUT2D eigenvalue weighted by Gasteiger charge is -2.14. The van der Waals surface area contributed by atoms with Crippen molar-refractivity contribution in [3.05, 3.63) is 77.9 Å². The maximum absolute atomic E-state index is 11.9. The number of benzene rings is 3. The molecule has 0 bridgehead atoms. The zero-order valence-electron chi connectivity index (χ0n) is 18.3. The van der Waals surface area contributed by atoms with E-state index in [4.69, 9.17) is 4.74 Å². The molecule has 2 N–H and O–H groups in total. The Kier molecular flexibility index (Phi) is 8.46. The van der Waals surface area contributed by atoms with E-state index in [1.54, 1.807) is 0 Å². The fourth-order valence-electron chi connectivity index (χ4n) is 3.42. The predicted molar refractivity (Wildman–Crippen MR) is 128 cm³/mol. The first-order valence-corrected chi connectivity index (χ1v) is 12.5. The monoisotopic (exact) mass is 440 g/mol. The van der Waals surface area contributed by atoms with E-state index in [0.717, 1.165) is 35.2 Å². The third-order valence-electron chi connectivity index (χ3n) is 5.21. The first-order chi connectivity index (χ1) is 15.0. The van der Waals surface area contributed by atoms with Gasteiger partial charge in [0.15, 0.2) is 0 Å². The van der Waals surface area contributed by atoms with Crippen LogP contribution in [0.25, 0.3) is 10.8 Å². The lowest BCUT2D eigenvalue weighted by atomic mass is 9.98. The maximum atomic E-state index is 11.9. The summed E-state index contributed by atoms with van der Waals surface area (Å²) in [4.78, 5) is 0. The van der Waals surface area contributed by atoms with Crippen molar-refractivity contribution in [1.82, 2.24) is 10.0 Å². The summed E-state index contributed by atoms with van der Waals surface area (Å²) in [6.07, 6.45) is 0.618. The van der Waals surface area contributed by atoms with Gasteiger partial charge in [-0.25, -0.2) is 13.1 Å². The van der Waals surface area contributed by atoms with Crippen molar-refractivity contribution in [3.63, 3.8) is 0 Å². The molecule has 0 amide bonds. The molecule has 0 aliphatic heterocycles. The van der Waals surface area contributed by atoms with E-state index >= 15 is 0 Å². The lowest BCUT2D eigenvalue weighted by Crippen LogP contribution is -2.29. The largest absolute Gasteiger partial charge is 0.492 e. The minimum absolute atomic E-state index is 0.0997. The van der Waals surface area contributed by atoms with Gasteiger partial charge in [0.25, 0.3) is 0 Å². The third-order valence-corrected chi connectivity index (χ3v) is 6.76. The summed E-state index contributed by atoms with van der Waals surface area (Å²) in [7, 11) is -3.18. The summed E-state index contributed by atoms with van der Waals surface area (Å²) in [5, 5.41) is 5.61. The first-order valence-electron chi connectivity index (χ1n) is 10.9. The predicted octanol–water partition coefficient (Wildman–Crippen LogP) is 4.44. The molecule has 0 fully saturated rings. The average Bonchev–Trinajstić information content (AvgIpc) is 2.77. The molecule has 0 spiro atoms. The zero-order valence-corrected chi connectivity index (χ0v) is 19.1. The molecule has 5 nitrogen and oxygen atoms in total. The summed E-state index contributed by atoms with van der Waals surface area (Å²) in [6.45, 7) is 6.52. The smallest absolute Gasteiger partial charge is 0.211 e. The van der Waals surface area contributed by atoms with Gasteiger partial charge < -0.3 is 10.1 Å². The molecule has 0 heterocycles. The van der Waals surface area contributed by atoms with Gasteiger partial charge in [-0.2, -0.15) is 0 Å². The van der Waals surface area contributed by atoms with E-state index in [0.29, 0.717) is 19.6 Å². The summed E-state index contributed by atoms with van der Waals surface area (Å²) in [5.41, 5.74) is 2.38. The summed E-state index contributed by atoms with van der Waals surface area (Å²) in [5.74, 6) is 1.12. The molecule has 0 aliphatic carbocycles. The van der Waals surface area contributed by atoms with Crippen molar-refractivity contribution in [1.29, 1.82) is 0 Å². The molecule has 3 aromatic rings. The van der Waals surface area contributed by atoms with Crippen LogP contribution in [-0.4, -0.2) is 33.9 Å². The van der Waals surface area contributed by atoms with Gasteiger partial charge in [-0.15, -0.1) is 0 Å². The number of hydrogen-bond donors (Lipinski definition) is 2. The van der Waals surface area contributed by atoms with Gasteiger partial charge in [-0.05, 0) is 46.4 Å². The Labute approximate surface area is 185 Å². The van der Waals surface area contributed by atoms with Gasteiger partial charge in [0, 0.05) is 19.6 Å². The van der Waals surface area contributed by atoms with Gasteiger partial charge in [0.05, 0.1) is 5.75 Å². The Morgan fingerprint density at radius 2 is 1.71 bits per heavy atom. The quantitative estimate of drug-likeness (QED) is 0.409. The first kappa shape index (κ1) is 23.3. The number of rotatable bonds is 12. The number of fused-ring (bicyclic) bond motifs is 1. The van der Waals surface area contributed by atoms with Crippen LogP contribution in [0.4, 0.5) is 0 Å². The highest BCUT2D eigenvalue weighted by Crippen LogP contribution is 2.25. The van der Waals surface area contributed by atoms with E-state index in [-0.39, 0.29) is 11.7 Å². The maximum Gasteiger partial charge on any atom is 0.211 e. The van der Waals surface area contributed by atoms with Crippen molar-refractivity contribution in [2.24, 2.45) is 0 Å². The van der Waals surface area contributed by atoms with Crippen LogP contribution in [0.15, 0.2) is 66.7 Å². The fraction of sp³-hybridized carbons (Fsp3) is 0.360. The summed E-state index contributed by atoms with van der Waals surface area (Å²) >= 11 is 0. The molecule has 0 aromatic heterocycles. The minimum atomic E-state index is -3.18. The molecular formula is C25H32N2O3S. The standard InChI is InChI=1S/C25H32N2O3S/c1-3-15-31(28,29)27-18-20(2)22-9-10-24-17-25(12-11-23(24)16-22)30-14-13-26-19-21-7-5-4-6-8-21/h4-12,16-17,20,26-27H,3,13-15,18-19H2,1-2H3. The number of ether oxygens (including phenoxy) is 1. The Balaban J connectivity index is 1.51. The molecule has 1 atom stereocenters. The SMILES string of the molecule is CCCS(=O)(=O)NCC(C)c1ccc2cc(OCCNCc3ccccc3)ccc2c1. The number of nitrogens with one attached hydrogen (secondary N) is 2. The highest BCUT2D eigenvalue weighted by atomic mass is 32.2. The number of sulfonamides is 1. The molecule has 166 valence electrons. The van der Waals surface area contributed by atoms with E-state index < -0.39 is 10.0 Å². The molecule has 0 radical (unpaired) electrons. The molecule has 6 heteroatoms. The van der Waals surface area contributed by atoms with Gasteiger partial charge in [-0.3, -0.25) is 0 Å². The van der Waals surface area contributed by atoms with Crippen LogP contribution >= 0.6 is 0 Å². The van der Waals surface area contributed by atoms with Gasteiger partial charge in [0.1, 0.15) is 12.4 Å². The fourth-order valence-corrected chi connectivity index (χ4v) is 4.60. The van der Waals surface area contributed by atoms with E-state index in [2.05, 4.69) is 46.4 Å². The van der Waals surface area contributed by atoms with E-state index in [9.17, 15) is 8.42 Å². The van der Waals surface area contributed by atoms with Gasteiger partial charge >= 0.3 is 0 Å². The van der Waals surface area contributed by atoms with Crippen molar-refractivity contribution < 1.29 is 13.2 Å². The number of hydrogen-bond acceptors (Lipinski definition) is 4. The van der Waals surface area contributed by atoms with Crippen LogP contribution in [0.5, 0.6) is 5.75 Å². The normalized spacial score (nSPS) is 12.7. The van der Waals surface area contributed by atoms with Crippen LogP contribution in [0.2, 0.25) is 0 Å². The van der Waals surface area contributed by atoms with Crippen LogP contribution in [0, 0.1) is 0 Å². The molecule has 31 heavy (non-hydrogen) atoms. The topological polar surface area (TPSA) is 67.4 Å². The van der Waals surface area contributed by atoms with Gasteiger partial charge in [0.2, 0.25) is 10.0 Å². The second kappa shape index (κ2) is 11.3.